The normalized spacial score (nSPS) is 19.6. The minimum Gasteiger partial charge on any atom is -0.303 e. The van der Waals surface area contributed by atoms with E-state index in [1.165, 1.54) is 32.5 Å². The average Bonchev–Trinajstić information content (AvgIpc) is 2.16. The number of rotatable bonds is 4. The summed E-state index contributed by atoms with van der Waals surface area (Å²) in [5.41, 5.74) is 8.22. The van der Waals surface area contributed by atoms with Gasteiger partial charge in [0.05, 0.1) is 0 Å². The lowest BCUT2D eigenvalue weighted by atomic mass is 9.96. The van der Waals surface area contributed by atoms with Crippen LogP contribution in [0, 0.1) is 11.8 Å². The van der Waals surface area contributed by atoms with Gasteiger partial charge in [-0.2, -0.15) is 0 Å². The summed E-state index contributed by atoms with van der Waals surface area (Å²) in [4.78, 5) is 5.32. The van der Waals surface area contributed by atoms with Gasteiger partial charge in [0.2, 0.25) is 0 Å². The van der Waals surface area contributed by atoms with Crippen molar-refractivity contribution in [3.8, 4) is 0 Å². The van der Waals surface area contributed by atoms with Crippen molar-refractivity contribution in [2.24, 2.45) is 17.0 Å². The van der Waals surface area contributed by atoms with Crippen LogP contribution in [0.2, 0.25) is 0 Å². The van der Waals surface area contributed by atoms with Gasteiger partial charge in [-0.15, -0.1) is 0 Å². The molecule has 1 saturated heterocycles. The smallest absolute Gasteiger partial charge is 0.0287 e. The second-order valence-corrected chi connectivity index (χ2v) is 4.55. The second-order valence-electron chi connectivity index (χ2n) is 4.55. The number of nitrogens with zero attached hydrogens (tertiary/aromatic N) is 4. The van der Waals surface area contributed by atoms with E-state index in [0.717, 1.165) is 5.92 Å². The molecule has 0 N–H and O–H groups in total. The molecular weight excluding hydrogens is 176 g/mol. The van der Waals surface area contributed by atoms with E-state index < -0.39 is 0 Å². The predicted octanol–water partition coefficient (Wildman–Crippen LogP) is 2.66. The first-order chi connectivity index (χ1) is 6.72. The van der Waals surface area contributed by atoms with Crippen LogP contribution in [0.5, 0.6) is 0 Å². The highest BCUT2D eigenvalue weighted by Crippen LogP contribution is 2.18. The zero-order valence-corrected chi connectivity index (χ0v) is 9.19. The molecule has 0 spiro atoms. The van der Waals surface area contributed by atoms with Crippen LogP contribution < -0.4 is 0 Å². The Labute approximate surface area is 85.9 Å². The van der Waals surface area contributed by atoms with Gasteiger partial charge in [0.25, 0.3) is 0 Å². The van der Waals surface area contributed by atoms with Gasteiger partial charge in [0, 0.05) is 18.0 Å². The van der Waals surface area contributed by atoms with Crippen LogP contribution in [-0.2, 0) is 0 Å². The van der Waals surface area contributed by atoms with Gasteiger partial charge in [-0.05, 0) is 43.3 Å². The molecule has 1 aliphatic rings. The number of hydrogen-bond acceptors (Lipinski definition) is 2. The van der Waals surface area contributed by atoms with E-state index >= 15 is 0 Å². The SMILES string of the molecule is CC(C)CN1CCC(CN=[N+]=[N-])CC1. The molecular formula is C10H20N4. The van der Waals surface area contributed by atoms with Crippen molar-refractivity contribution in [2.75, 3.05) is 26.2 Å². The molecule has 14 heavy (non-hydrogen) atoms. The number of likely N-dealkylation sites (tertiary alicyclic amines) is 1. The summed E-state index contributed by atoms with van der Waals surface area (Å²) in [7, 11) is 0. The molecule has 0 aromatic heterocycles. The molecule has 4 nitrogen and oxygen atoms in total. The topological polar surface area (TPSA) is 52.0 Å². The first-order valence-electron chi connectivity index (χ1n) is 5.45. The average molecular weight is 196 g/mol. The van der Waals surface area contributed by atoms with Gasteiger partial charge < -0.3 is 4.90 Å². The molecule has 1 heterocycles. The van der Waals surface area contributed by atoms with Crippen molar-refractivity contribution in [3.05, 3.63) is 10.4 Å². The van der Waals surface area contributed by atoms with Crippen molar-refractivity contribution in [3.63, 3.8) is 0 Å². The molecule has 0 saturated carbocycles. The van der Waals surface area contributed by atoms with Crippen LogP contribution >= 0.6 is 0 Å². The lowest BCUT2D eigenvalue weighted by Crippen LogP contribution is -2.36. The first-order valence-corrected chi connectivity index (χ1v) is 5.45. The van der Waals surface area contributed by atoms with Crippen LogP contribution in [0.25, 0.3) is 10.4 Å². The van der Waals surface area contributed by atoms with Crippen molar-refractivity contribution >= 4 is 0 Å². The lowest BCUT2D eigenvalue weighted by Gasteiger charge is -2.32. The molecule has 1 aliphatic heterocycles. The minimum absolute atomic E-state index is 0.620. The maximum absolute atomic E-state index is 8.22. The van der Waals surface area contributed by atoms with E-state index in [1.54, 1.807) is 0 Å². The fourth-order valence-corrected chi connectivity index (χ4v) is 2.02. The molecule has 0 aliphatic carbocycles. The van der Waals surface area contributed by atoms with E-state index in [9.17, 15) is 0 Å². The highest BCUT2D eigenvalue weighted by Gasteiger charge is 2.18. The summed E-state index contributed by atoms with van der Waals surface area (Å²) in [6.07, 6.45) is 2.37. The van der Waals surface area contributed by atoms with Crippen molar-refractivity contribution in [2.45, 2.75) is 26.7 Å². The van der Waals surface area contributed by atoms with Crippen molar-refractivity contribution in [1.82, 2.24) is 4.90 Å². The quantitative estimate of drug-likeness (QED) is 0.387. The van der Waals surface area contributed by atoms with Gasteiger partial charge >= 0.3 is 0 Å². The van der Waals surface area contributed by atoms with Crippen LogP contribution in [0.4, 0.5) is 0 Å². The molecule has 0 aromatic rings. The standard InChI is InChI=1S/C10H20N4/c1-9(2)8-14-5-3-10(4-6-14)7-12-13-11/h9-10H,3-8H2,1-2H3. The van der Waals surface area contributed by atoms with Gasteiger partial charge in [-0.25, -0.2) is 0 Å². The Hall–Kier alpha value is -0.730. The first kappa shape index (κ1) is 11.3. The van der Waals surface area contributed by atoms with E-state index in [4.69, 9.17) is 5.53 Å². The summed E-state index contributed by atoms with van der Waals surface area (Å²) < 4.78 is 0. The molecule has 0 bridgehead atoms. The third kappa shape index (κ3) is 3.99. The Morgan fingerprint density at radius 3 is 2.57 bits per heavy atom. The van der Waals surface area contributed by atoms with E-state index in [0.29, 0.717) is 12.5 Å². The Morgan fingerprint density at radius 1 is 1.43 bits per heavy atom. The Balaban J connectivity index is 2.20. The number of azide groups is 1. The van der Waals surface area contributed by atoms with Crippen molar-refractivity contribution < 1.29 is 0 Å². The third-order valence-corrected chi connectivity index (χ3v) is 2.73. The lowest BCUT2D eigenvalue weighted by molar-refractivity contribution is 0.171. The Bertz CT molecular complexity index is 200. The summed E-state index contributed by atoms with van der Waals surface area (Å²) in [6.45, 7) is 8.74. The number of hydrogen-bond donors (Lipinski definition) is 0. The largest absolute Gasteiger partial charge is 0.303 e. The van der Waals surface area contributed by atoms with Gasteiger partial charge in [0.1, 0.15) is 0 Å². The maximum atomic E-state index is 8.22. The molecule has 80 valence electrons. The molecule has 0 radical (unpaired) electrons. The molecule has 0 amide bonds. The second kappa shape index (κ2) is 5.89. The van der Waals surface area contributed by atoms with Crippen LogP contribution in [-0.4, -0.2) is 31.1 Å². The summed E-state index contributed by atoms with van der Waals surface area (Å²) in [6, 6.07) is 0. The fraction of sp³-hybridized carbons (Fsp3) is 1.00. The molecule has 4 heteroatoms. The van der Waals surface area contributed by atoms with Gasteiger partial charge in [-0.1, -0.05) is 19.0 Å². The predicted molar refractivity (Wildman–Crippen MR) is 58.0 cm³/mol. The summed E-state index contributed by atoms with van der Waals surface area (Å²) in [5.74, 6) is 1.37. The zero-order chi connectivity index (χ0) is 10.4. The molecule has 0 unspecified atom stereocenters. The number of piperidine rings is 1. The molecule has 0 atom stereocenters. The van der Waals surface area contributed by atoms with Gasteiger partial charge in [0.15, 0.2) is 0 Å². The summed E-state index contributed by atoms with van der Waals surface area (Å²) in [5, 5.41) is 3.64. The minimum atomic E-state index is 0.620. The monoisotopic (exact) mass is 196 g/mol. The van der Waals surface area contributed by atoms with Crippen molar-refractivity contribution in [1.29, 1.82) is 0 Å². The van der Waals surface area contributed by atoms with E-state index in [-0.39, 0.29) is 0 Å². The Kier molecular flexibility index (Phi) is 4.77. The van der Waals surface area contributed by atoms with Crippen LogP contribution in [0.1, 0.15) is 26.7 Å². The van der Waals surface area contributed by atoms with Crippen LogP contribution in [0.3, 0.4) is 0 Å². The van der Waals surface area contributed by atoms with Gasteiger partial charge in [-0.3, -0.25) is 0 Å². The van der Waals surface area contributed by atoms with E-state index in [1.807, 2.05) is 0 Å². The van der Waals surface area contributed by atoms with Crippen LogP contribution in [0.15, 0.2) is 5.11 Å². The van der Waals surface area contributed by atoms with E-state index in [2.05, 4.69) is 28.8 Å². The maximum Gasteiger partial charge on any atom is 0.0287 e. The molecule has 0 aromatic carbocycles. The molecule has 1 rings (SSSR count). The summed E-state index contributed by atoms with van der Waals surface area (Å²) >= 11 is 0. The third-order valence-electron chi connectivity index (χ3n) is 2.73. The zero-order valence-electron chi connectivity index (χ0n) is 9.19. The highest BCUT2D eigenvalue weighted by atomic mass is 15.1. The highest BCUT2D eigenvalue weighted by molar-refractivity contribution is 4.74. The fourth-order valence-electron chi connectivity index (χ4n) is 2.02. The Morgan fingerprint density at radius 2 is 2.07 bits per heavy atom. The molecule has 1 fully saturated rings.